The summed E-state index contributed by atoms with van der Waals surface area (Å²) < 4.78 is 22.9. The van der Waals surface area contributed by atoms with Crippen molar-refractivity contribution >= 4 is 9.84 Å². The normalized spacial score (nSPS) is 36.5. The molecule has 1 fully saturated rings. The third-order valence-corrected chi connectivity index (χ3v) is 5.04. The molecule has 5 heteroatoms. The Morgan fingerprint density at radius 2 is 2.20 bits per heavy atom. The molecule has 4 nitrogen and oxygen atoms in total. The van der Waals surface area contributed by atoms with Gasteiger partial charge in [0.1, 0.15) is 0 Å². The summed E-state index contributed by atoms with van der Waals surface area (Å²) in [7, 11) is -2.89. The topological polar surface area (TPSA) is 63.4 Å². The summed E-state index contributed by atoms with van der Waals surface area (Å²) in [6.07, 6.45) is 3.20. The molecule has 2 rings (SSSR count). The minimum absolute atomic E-state index is 0.0272. The quantitative estimate of drug-likeness (QED) is 0.632. The summed E-state index contributed by atoms with van der Waals surface area (Å²) >= 11 is 0. The van der Waals surface area contributed by atoms with E-state index in [4.69, 9.17) is 5.73 Å². The van der Waals surface area contributed by atoms with E-state index in [2.05, 4.69) is 17.9 Å². The van der Waals surface area contributed by atoms with Crippen molar-refractivity contribution < 1.29 is 8.42 Å². The Bertz CT molecular complexity index is 375. The van der Waals surface area contributed by atoms with E-state index in [0.717, 1.165) is 19.5 Å². The summed E-state index contributed by atoms with van der Waals surface area (Å²) in [4.78, 5) is 2.20. The Morgan fingerprint density at radius 1 is 1.47 bits per heavy atom. The van der Waals surface area contributed by atoms with Crippen LogP contribution >= 0.6 is 0 Å². The fourth-order valence-electron chi connectivity index (χ4n) is 2.32. The van der Waals surface area contributed by atoms with Gasteiger partial charge in [-0.2, -0.15) is 0 Å². The molecule has 0 aromatic heterocycles. The van der Waals surface area contributed by atoms with Crippen LogP contribution in [0.5, 0.6) is 0 Å². The highest BCUT2D eigenvalue weighted by atomic mass is 32.2. The van der Waals surface area contributed by atoms with Gasteiger partial charge in [0.15, 0.2) is 9.84 Å². The van der Waals surface area contributed by atoms with Gasteiger partial charge in [-0.05, 0) is 13.3 Å². The van der Waals surface area contributed by atoms with Crippen molar-refractivity contribution in [3.05, 3.63) is 11.6 Å². The van der Waals surface area contributed by atoms with Crippen molar-refractivity contribution in [2.24, 2.45) is 5.73 Å². The number of hydrogen-bond donors (Lipinski definition) is 1. The number of nitrogens with two attached hydrogens (primary N) is 1. The molecule has 1 saturated heterocycles. The van der Waals surface area contributed by atoms with E-state index in [1.54, 1.807) is 0 Å². The first-order valence-electron chi connectivity index (χ1n) is 5.33. The van der Waals surface area contributed by atoms with Crippen LogP contribution in [0.4, 0.5) is 0 Å². The molecule has 86 valence electrons. The average molecular weight is 230 g/mol. The molecule has 0 spiro atoms. The van der Waals surface area contributed by atoms with E-state index < -0.39 is 9.84 Å². The number of hydrogen-bond acceptors (Lipinski definition) is 4. The lowest BCUT2D eigenvalue weighted by Gasteiger charge is -2.32. The summed E-state index contributed by atoms with van der Waals surface area (Å²) in [6, 6.07) is -0.179. The molecule has 2 N–H and O–H groups in total. The van der Waals surface area contributed by atoms with Gasteiger partial charge in [-0.1, -0.05) is 11.6 Å². The van der Waals surface area contributed by atoms with E-state index in [9.17, 15) is 8.42 Å². The lowest BCUT2D eigenvalue weighted by atomic mass is 10.1. The largest absolute Gasteiger partial charge is 0.325 e. The van der Waals surface area contributed by atoms with Crippen molar-refractivity contribution in [1.82, 2.24) is 4.90 Å². The van der Waals surface area contributed by atoms with Crippen LogP contribution in [0.1, 0.15) is 13.3 Å². The van der Waals surface area contributed by atoms with Crippen molar-refractivity contribution in [2.45, 2.75) is 25.4 Å². The number of rotatable bonds is 1. The van der Waals surface area contributed by atoms with Crippen LogP contribution in [0.3, 0.4) is 0 Å². The fraction of sp³-hybridized carbons (Fsp3) is 0.800. The molecule has 2 aliphatic rings. The predicted molar refractivity (Wildman–Crippen MR) is 60.4 cm³/mol. The standard InChI is InChI=1S/C10H18N2O2S/c1-8-2-4-12(5-3-8)10-7-15(13,14)6-9(10)11/h2,9-10H,3-7,11H2,1H3. The second-order valence-corrected chi connectivity index (χ2v) is 6.76. The van der Waals surface area contributed by atoms with E-state index in [1.807, 2.05) is 0 Å². The van der Waals surface area contributed by atoms with E-state index in [0.29, 0.717) is 0 Å². The highest BCUT2D eigenvalue weighted by Gasteiger charge is 2.38. The first-order valence-corrected chi connectivity index (χ1v) is 7.16. The fourth-order valence-corrected chi connectivity index (χ4v) is 4.24. The first-order chi connectivity index (χ1) is 6.98. The molecule has 0 aromatic rings. The third-order valence-electron chi connectivity index (χ3n) is 3.30. The van der Waals surface area contributed by atoms with Crippen molar-refractivity contribution in [1.29, 1.82) is 0 Å². The molecule has 2 unspecified atom stereocenters. The second kappa shape index (κ2) is 3.88. The molecule has 0 radical (unpaired) electrons. The molecule has 2 atom stereocenters. The van der Waals surface area contributed by atoms with Gasteiger partial charge < -0.3 is 5.73 Å². The number of nitrogens with zero attached hydrogens (tertiary/aromatic N) is 1. The molecule has 2 heterocycles. The van der Waals surface area contributed by atoms with E-state index in [-0.39, 0.29) is 23.6 Å². The maximum absolute atomic E-state index is 11.4. The summed E-state index contributed by atoms with van der Waals surface area (Å²) in [5, 5.41) is 0. The van der Waals surface area contributed by atoms with Gasteiger partial charge in [0, 0.05) is 25.2 Å². The van der Waals surface area contributed by atoms with Gasteiger partial charge >= 0.3 is 0 Å². The van der Waals surface area contributed by atoms with Crippen molar-refractivity contribution in [3.8, 4) is 0 Å². The lowest BCUT2D eigenvalue weighted by Crippen LogP contribution is -2.48. The van der Waals surface area contributed by atoms with Crippen LogP contribution in [0, 0.1) is 0 Å². The zero-order valence-electron chi connectivity index (χ0n) is 9.02. The predicted octanol–water partition coefficient (Wildman–Crippen LogP) is -0.237. The Morgan fingerprint density at radius 3 is 2.67 bits per heavy atom. The van der Waals surface area contributed by atoms with Gasteiger partial charge in [-0.15, -0.1) is 0 Å². The molecular weight excluding hydrogens is 212 g/mol. The Balaban J connectivity index is 2.07. The maximum Gasteiger partial charge on any atom is 0.153 e. The van der Waals surface area contributed by atoms with Crippen molar-refractivity contribution in [2.75, 3.05) is 24.6 Å². The third kappa shape index (κ3) is 2.41. The van der Waals surface area contributed by atoms with Gasteiger partial charge in [-0.25, -0.2) is 8.42 Å². The Kier molecular flexibility index (Phi) is 2.87. The summed E-state index contributed by atoms with van der Waals surface area (Å²) in [5.74, 6) is 0.387. The molecule has 0 amide bonds. The minimum Gasteiger partial charge on any atom is -0.325 e. The van der Waals surface area contributed by atoms with E-state index >= 15 is 0 Å². The van der Waals surface area contributed by atoms with Crippen LogP contribution in [0.2, 0.25) is 0 Å². The van der Waals surface area contributed by atoms with Crippen LogP contribution in [0.25, 0.3) is 0 Å². The maximum atomic E-state index is 11.4. The van der Waals surface area contributed by atoms with Gasteiger partial charge in [0.25, 0.3) is 0 Å². The minimum atomic E-state index is -2.89. The van der Waals surface area contributed by atoms with Gasteiger partial charge in [-0.3, -0.25) is 4.90 Å². The second-order valence-electron chi connectivity index (χ2n) is 4.60. The molecule has 2 aliphatic heterocycles. The molecule has 0 aromatic carbocycles. The lowest BCUT2D eigenvalue weighted by molar-refractivity contribution is 0.213. The van der Waals surface area contributed by atoms with Crippen molar-refractivity contribution in [3.63, 3.8) is 0 Å². The number of sulfone groups is 1. The smallest absolute Gasteiger partial charge is 0.153 e. The SMILES string of the molecule is CC1=CCN(C2CS(=O)(=O)CC2N)CC1. The molecule has 0 saturated carbocycles. The Hall–Kier alpha value is -0.390. The van der Waals surface area contributed by atoms with E-state index in [1.165, 1.54) is 5.57 Å². The molecule has 15 heavy (non-hydrogen) atoms. The van der Waals surface area contributed by atoms with Crippen LogP contribution < -0.4 is 5.73 Å². The van der Waals surface area contributed by atoms with Crippen LogP contribution in [-0.2, 0) is 9.84 Å². The average Bonchev–Trinajstić information content (AvgIpc) is 2.41. The summed E-state index contributed by atoms with van der Waals surface area (Å²) in [5.41, 5.74) is 7.27. The molecule has 0 bridgehead atoms. The molecular formula is C10H18N2O2S. The Labute approximate surface area is 91.0 Å². The zero-order valence-corrected chi connectivity index (χ0v) is 9.83. The highest BCUT2D eigenvalue weighted by Crippen LogP contribution is 2.20. The van der Waals surface area contributed by atoms with Gasteiger partial charge in [0.05, 0.1) is 11.5 Å². The monoisotopic (exact) mass is 230 g/mol. The zero-order chi connectivity index (χ0) is 11.1. The molecule has 0 aliphatic carbocycles. The first kappa shape index (κ1) is 11.1. The highest BCUT2D eigenvalue weighted by molar-refractivity contribution is 7.91. The summed E-state index contributed by atoms with van der Waals surface area (Å²) in [6.45, 7) is 3.90. The van der Waals surface area contributed by atoms with Crippen LogP contribution in [-0.4, -0.2) is 50.0 Å². The van der Waals surface area contributed by atoms with Crippen LogP contribution in [0.15, 0.2) is 11.6 Å². The van der Waals surface area contributed by atoms with Gasteiger partial charge in [0.2, 0.25) is 0 Å².